The SMILES string of the molecule is CC(CNC(=O)c1c[nH]c2ccc(N)cc12)N1CCCC1. The summed E-state index contributed by atoms with van der Waals surface area (Å²) in [6, 6.07) is 5.95. The van der Waals surface area contributed by atoms with Crippen LogP contribution in [0.4, 0.5) is 5.69 Å². The maximum atomic E-state index is 12.4. The first-order chi connectivity index (χ1) is 10.1. The Morgan fingerprint density at radius 2 is 2.19 bits per heavy atom. The van der Waals surface area contributed by atoms with Crippen molar-refractivity contribution in [2.24, 2.45) is 0 Å². The van der Waals surface area contributed by atoms with Gasteiger partial charge >= 0.3 is 0 Å². The number of hydrogen-bond donors (Lipinski definition) is 3. The molecular weight excluding hydrogens is 264 g/mol. The van der Waals surface area contributed by atoms with Gasteiger partial charge in [-0.15, -0.1) is 0 Å². The fourth-order valence-corrected chi connectivity index (χ4v) is 2.97. The number of nitrogens with one attached hydrogen (secondary N) is 2. The Bertz CT molecular complexity index is 643. The summed E-state index contributed by atoms with van der Waals surface area (Å²) >= 11 is 0. The Labute approximate surface area is 124 Å². The summed E-state index contributed by atoms with van der Waals surface area (Å²) in [6.07, 6.45) is 4.28. The minimum absolute atomic E-state index is 0.0436. The van der Waals surface area contributed by atoms with Crippen LogP contribution in [0.15, 0.2) is 24.4 Å². The smallest absolute Gasteiger partial charge is 0.253 e. The highest BCUT2D eigenvalue weighted by Gasteiger charge is 2.19. The van der Waals surface area contributed by atoms with Gasteiger partial charge in [0.1, 0.15) is 0 Å². The molecule has 0 spiro atoms. The predicted octanol–water partition coefficient (Wildman–Crippen LogP) is 1.96. The van der Waals surface area contributed by atoms with Crippen molar-refractivity contribution >= 4 is 22.5 Å². The van der Waals surface area contributed by atoms with E-state index in [1.54, 1.807) is 6.20 Å². The highest BCUT2D eigenvalue weighted by atomic mass is 16.1. The second-order valence-electron chi connectivity index (χ2n) is 5.81. The second-order valence-corrected chi connectivity index (χ2v) is 5.81. The van der Waals surface area contributed by atoms with Crippen molar-refractivity contribution in [3.63, 3.8) is 0 Å². The fraction of sp³-hybridized carbons (Fsp3) is 0.438. The third-order valence-electron chi connectivity index (χ3n) is 4.27. The number of aromatic amines is 1. The van der Waals surface area contributed by atoms with Gasteiger partial charge in [-0.3, -0.25) is 9.69 Å². The minimum atomic E-state index is -0.0436. The molecule has 0 aliphatic carbocycles. The van der Waals surface area contributed by atoms with Crippen LogP contribution >= 0.6 is 0 Å². The Morgan fingerprint density at radius 1 is 1.43 bits per heavy atom. The van der Waals surface area contributed by atoms with Crippen LogP contribution in [0.3, 0.4) is 0 Å². The molecule has 1 aromatic carbocycles. The van der Waals surface area contributed by atoms with Gasteiger partial charge in [0.15, 0.2) is 0 Å². The first kappa shape index (κ1) is 13.9. The molecule has 3 rings (SSSR count). The zero-order valence-corrected chi connectivity index (χ0v) is 12.4. The van der Waals surface area contributed by atoms with Crippen molar-refractivity contribution in [2.75, 3.05) is 25.4 Å². The molecule has 1 unspecified atom stereocenters. The number of nitrogen functional groups attached to an aromatic ring is 1. The molecule has 0 radical (unpaired) electrons. The molecule has 0 bridgehead atoms. The predicted molar refractivity (Wildman–Crippen MR) is 85.3 cm³/mol. The van der Waals surface area contributed by atoms with Gasteiger partial charge in [-0.2, -0.15) is 0 Å². The van der Waals surface area contributed by atoms with Gasteiger partial charge in [-0.25, -0.2) is 0 Å². The van der Waals surface area contributed by atoms with Crippen LogP contribution < -0.4 is 11.1 Å². The number of rotatable bonds is 4. The summed E-state index contributed by atoms with van der Waals surface area (Å²) in [5.41, 5.74) is 8.06. The van der Waals surface area contributed by atoms with Crippen LogP contribution in [0.25, 0.3) is 10.9 Å². The number of benzene rings is 1. The molecule has 5 nitrogen and oxygen atoms in total. The van der Waals surface area contributed by atoms with Gasteiger partial charge in [-0.1, -0.05) is 0 Å². The van der Waals surface area contributed by atoms with E-state index in [1.807, 2.05) is 18.2 Å². The summed E-state index contributed by atoms with van der Waals surface area (Å²) in [7, 11) is 0. The number of anilines is 1. The van der Waals surface area contributed by atoms with E-state index in [4.69, 9.17) is 5.73 Å². The Hall–Kier alpha value is -2.01. The van der Waals surface area contributed by atoms with Crippen molar-refractivity contribution < 1.29 is 4.79 Å². The fourth-order valence-electron chi connectivity index (χ4n) is 2.97. The first-order valence-corrected chi connectivity index (χ1v) is 7.54. The van der Waals surface area contributed by atoms with Crippen molar-refractivity contribution in [3.8, 4) is 0 Å². The Balaban J connectivity index is 1.67. The van der Waals surface area contributed by atoms with Gasteiger partial charge in [0, 0.05) is 35.4 Å². The van der Waals surface area contributed by atoms with Gasteiger partial charge in [0.25, 0.3) is 5.91 Å². The molecule has 1 fully saturated rings. The van der Waals surface area contributed by atoms with E-state index in [-0.39, 0.29) is 5.91 Å². The molecule has 112 valence electrons. The maximum absolute atomic E-state index is 12.4. The number of carbonyl (C=O) groups excluding carboxylic acids is 1. The van der Waals surface area contributed by atoms with Crippen LogP contribution in [0.5, 0.6) is 0 Å². The number of nitrogens with zero attached hydrogens (tertiary/aromatic N) is 1. The third-order valence-corrected chi connectivity index (χ3v) is 4.27. The number of carbonyl (C=O) groups is 1. The van der Waals surface area contributed by atoms with Gasteiger partial charge in [0.2, 0.25) is 0 Å². The van der Waals surface area contributed by atoms with Crippen LogP contribution in [0, 0.1) is 0 Å². The second kappa shape index (κ2) is 5.77. The van der Waals surface area contributed by atoms with E-state index in [2.05, 4.69) is 22.1 Å². The average molecular weight is 286 g/mol. The van der Waals surface area contributed by atoms with E-state index in [9.17, 15) is 4.79 Å². The van der Waals surface area contributed by atoms with E-state index < -0.39 is 0 Å². The normalized spacial score (nSPS) is 17.2. The van der Waals surface area contributed by atoms with Gasteiger partial charge in [-0.05, 0) is 51.1 Å². The molecule has 1 aliphatic rings. The quantitative estimate of drug-likeness (QED) is 0.752. The number of H-pyrrole nitrogens is 1. The topological polar surface area (TPSA) is 74.1 Å². The highest BCUT2D eigenvalue weighted by Crippen LogP contribution is 2.21. The monoisotopic (exact) mass is 286 g/mol. The summed E-state index contributed by atoms with van der Waals surface area (Å²) in [4.78, 5) is 17.9. The zero-order valence-electron chi connectivity index (χ0n) is 12.4. The molecule has 1 saturated heterocycles. The molecule has 1 atom stereocenters. The molecule has 1 aliphatic heterocycles. The van der Waals surface area contributed by atoms with Gasteiger partial charge < -0.3 is 16.0 Å². The van der Waals surface area contributed by atoms with Crippen LogP contribution in [0.2, 0.25) is 0 Å². The minimum Gasteiger partial charge on any atom is -0.399 e. The number of hydrogen-bond acceptors (Lipinski definition) is 3. The number of likely N-dealkylation sites (tertiary alicyclic amines) is 1. The summed E-state index contributed by atoms with van der Waals surface area (Å²) in [5, 5.41) is 3.91. The molecule has 2 heterocycles. The third kappa shape index (κ3) is 2.88. The Morgan fingerprint density at radius 3 is 2.95 bits per heavy atom. The van der Waals surface area contributed by atoms with Crippen molar-refractivity contribution in [1.82, 2.24) is 15.2 Å². The molecule has 5 heteroatoms. The number of aromatic nitrogens is 1. The van der Waals surface area contributed by atoms with E-state index in [1.165, 1.54) is 12.8 Å². The Kier molecular flexibility index (Phi) is 3.84. The number of nitrogens with two attached hydrogens (primary N) is 1. The van der Waals surface area contributed by atoms with Crippen molar-refractivity contribution in [3.05, 3.63) is 30.0 Å². The van der Waals surface area contributed by atoms with Gasteiger partial charge in [0.05, 0.1) is 5.56 Å². The highest BCUT2D eigenvalue weighted by molar-refractivity contribution is 6.07. The largest absolute Gasteiger partial charge is 0.399 e. The molecule has 4 N–H and O–H groups in total. The lowest BCUT2D eigenvalue weighted by Crippen LogP contribution is -2.40. The molecule has 21 heavy (non-hydrogen) atoms. The van der Waals surface area contributed by atoms with Crippen molar-refractivity contribution in [2.45, 2.75) is 25.8 Å². The number of fused-ring (bicyclic) bond motifs is 1. The maximum Gasteiger partial charge on any atom is 0.253 e. The summed E-state index contributed by atoms with van der Waals surface area (Å²) in [6.45, 7) is 5.12. The molecule has 2 aromatic rings. The lowest BCUT2D eigenvalue weighted by Gasteiger charge is -2.23. The summed E-state index contributed by atoms with van der Waals surface area (Å²) in [5.74, 6) is -0.0436. The molecule has 1 aromatic heterocycles. The van der Waals surface area contributed by atoms with Crippen molar-refractivity contribution in [1.29, 1.82) is 0 Å². The summed E-state index contributed by atoms with van der Waals surface area (Å²) < 4.78 is 0. The van der Waals surface area contributed by atoms with E-state index in [0.29, 0.717) is 23.8 Å². The molecule has 0 saturated carbocycles. The van der Waals surface area contributed by atoms with Crippen LogP contribution in [-0.4, -0.2) is 41.5 Å². The lowest BCUT2D eigenvalue weighted by molar-refractivity contribution is 0.0942. The number of amides is 1. The van der Waals surface area contributed by atoms with E-state index >= 15 is 0 Å². The lowest BCUT2D eigenvalue weighted by atomic mass is 10.1. The molecule has 1 amide bonds. The first-order valence-electron chi connectivity index (χ1n) is 7.54. The average Bonchev–Trinajstić information content (AvgIpc) is 3.13. The zero-order chi connectivity index (χ0) is 14.8. The van der Waals surface area contributed by atoms with Crippen LogP contribution in [-0.2, 0) is 0 Å². The van der Waals surface area contributed by atoms with E-state index in [0.717, 1.165) is 24.0 Å². The molecular formula is C16H22N4O. The standard InChI is InChI=1S/C16H22N4O/c1-11(20-6-2-3-7-20)9-19-16(21)14-10-18-15-5-4-12(17)8-13(14)15/h4-5,8,10-11,18H,2-3,6-7,9,17H2,1H3,(H,19,21). The van der Waals surface area contributed by atoms with Crippen LogP contribution in [0.1, 0.15) is 30.1 Å².